The first-order valence-corrected chi connectivity index (χ1v) is 7.94. The maximum Gasteiger partial charge on any atom is 0.223 e. The SMILES string of the molecule is CC1CCCCN1CCNC(=O)C1CCCC(N)C1.Cl.Cl. The molecular weight excluding hydrogens is 309 g/mol. The number of piperidine rings is 1. The molecule has 0 aromatic carbocycles. The van der Waals surface area contributed by atoms with Gasteiger partial charge in [-0.3, -0.25) is 9.69 Å². The molecule has 126 valence electrons. The number of hydrogen-bond acceptors (Lipinski definition) is 3. The quantitative estimate of drug-likeness (QED) is 0.826. The molecule has 3 N–H and O–H groups in total. The Morgan fingerprint density at radius 3 is 2.62 bits per heavy atom. The maximum atomic E-state index is 12.1. The van der Waals surface area contributed by atoms with Crippen LogP contribution >= 0.6 is 24.8 Å². The summed E-state index contributed by atoms with van der Waals surface area (Å²) in [4.78, 5) is 14.6. The van der Waals surface area contributed by atoms with E-state index in [0.29, 0.717) is 6.04 Å². The van der Waals surface area contributed by atoms with Crippen LogP contribution in [0.5, 0.6) is 0 Å². The van der Waals surface area contributed by atoms with Gasteiger partial charge in [-0.25, -0.2) is 0 Å². The second-order valence-corrected chi connectivity index (χ2v) is 6.30. The molecule has 2 rings (SSSR count). The van der Waals surface area contributed by atoms with E-state index in [0.717, 1.165) is 38.8 Å². The molecule has 2 fully saturated rings. The minimum atomic E-state index is 0. The summed E-state index contributed by atoms with van der Waals surface area (Å²) in [6.45, 7) is 5.26. The van der Waals surface area contributed by atoms with Crippen molar-refractivity contribution in [2.24, 2.45) is 11.7 Å². The molecule has 0 spiro atoms. The Hall–Kier alpha value is -0.0300. The van der Waals surface area contributed by atoms with Gasteiger partial charge in [0.1, 0.15) is 0 Å². The van der Waals surface area contributed by atoms with Crippen molar-refractivity contribution < 1.29 is 4.79 Å². The lowest BCUT2D eigenvalue weighted by molar-refractivity contribution is -0.126. The summed E-state index contributed by atoms with van der Waals surface area (Å²) in [6, 6.07) is 0.903. The number of nitrogens with two attached hydrogens (primary N) is 1. The number of carbonyl (C=O) groups excluding carboxylic acids is 1. The Kier molecular flexibility index (Phi) is 10.6. The van der Waals surface area contributed by atoms with E-state index in [9.17, 15) is 4.79 Å². The molecule has 1 heterocycles. The molecule has 6 heteroatoms. The van der Waals surface area contributed by atoms with Crippen molar-refractivity contribution in [1.82, 2.24) is 10.2 Å². The van der Waals surface area contributed by atoms with Gasteiger partial charge in [0.2, 0.25) is 5.91 Å². The van der Waals surface area contributed by atoms with Crippen molar-refractivity contribution in [3.63, 3.8) is 0 Å². The average Bonchev–Trinajstić information content (AvgIpc) is 2.41. The molecule has 1 aliphatic carbocycles. The second-order valence-electron chi connectivity index (χ2n) is 6.30. The maximum absolute atomic E-state index is 12.1. The fourth-order valence-corrected chi connectivity index (χ4v) is 3.42. The average molecular weight is 340 g/mol. The lowest BCUT2D eigenvalue weighted by Gasteiger charge is -2.33. The van der Waals surface area contributed by atoms with Gasteiger partial charge in [0, 0.05) is 31.1 Å². The van der Waals surface area contributed by atoms with Crippen molar-refractivity contribution in [3.8, 4) is 0 Å². The third kappa shape index (κ3) is 6.72. The Balaban J connectivity index is 0.00000200. The summed E-state index contributed by atoms with van der Waals surface area (Å²) in [7, 11) is 0. The molecule has 4 nitrogen and oxygen atoms in total. The van der Waals surface area contributed by atoms with Gasteiger partial charge in [-0.1, -0.05) is 12.8 Å². The Bertz CT molecular complexity index is 305. The van der Waals surface area contributed by atoms with Gasteiger partial charge in [-0.05, 0) is 45.6 Å². The van der Waals surface area contributed by atoms with E-state index in [1.54, 1.807) is 0 Å². The lowest BCUT2D eigenvalue weighted by atomic mass is 9.85. The second kappa shape index (κ2) is 10.7. The smallest absolute Gasteiger partial charge is 0.223 e. The van der Waals surface area contributed by atoms with E-state index >= 15 is 0 Å². The Morgan fingerprint density at radius 1 is 1.19 bits per heavy atom. The van der Waals surface area contributed by atoms with Crippen LogP contribution in [-0.2, 0) is 4.79 Å². The predicted octanol–water partition coefficient (Wildman–Crippen LogP) is 2.34. The van der Waals surface area contributed by atoms with E-state index in [4.69, 9.17) is 5.73 Å². The number of nitrogens with one attached hydrogen (secondary N) is 1. The van der Waals surface area contributed by atoms with Crippen LogP contribution in [0.2, 0.25) is 0 Å². The van der Waals surface area contributed by atoms with Crippen LogP contribution in [0.3, 0.4) is 0 Å². The van der Waals surface area contributed by atoms with Crippen LogP contribution in [0, 0.1) is 5.92 Å². The minimum Gasteiger partial charge on any atom is -0.355 e. The summed E-state index contributed by atoms with van der Waals surface area (Å²) in [5.74, 6) is 0.377. The van der Waals surface area contributed by atoms with Gasteiger partial charge < -0.3 is 11.1 Å². The molecule has 0 aromatic heterocycles. The number of rotatable bonds is 4. The lowest BCUT2D eigenvalue weighted by Crippen LogP contribution is -2.44. The fourth-order valence-electron chi connectivity index (χ4n) is 3.42. The molecule has 3 unspecified atom stereocenters. The van der Waals surface area contributed by atoms with E-state index in [1.807, 2.05) is 0 Å². The van der Waals surface area contributed by atoms with Gasteiger partial charge in [-0.2, -0.15) is 0 Å². The Labute approximate surface area is 141 Å². The minimum absolute atomic E-state index is 0. The molecule has 2 aliphatic rings. The van der Waals surface area contributed by atoms with Gasteiger partial charge in [-0.15, -0.1) is 24.8 Å². The number of halogens is 2. The first-order chi connectivity index (χ1) is 9.16. The van der Waals surface area contributed by atoms with E-state index in [1.165, 1.54) is 25.8 Å². The molecule has 1 amide bonds. The summed E-state index contributed by atoms with van der Waals surface area (Å²) in [5, 5.41) is 3.10. The zero-order valence-electron chi connectivity index (χ0n) is 13.1. The van der Waals surface area contributed by atoms with Crippen molar-refractivity contribution in [1.29, 1.82) is 0 Å². The summed E-state index contributed by atoms with van der Waals surface area (Å²) in [5.41, 5.74) is 5.94. The zero-order valence-corrected chi connectivity index (χ0v) is 14.7. The third-order valence-electron chi connectivity index (χ3n) is 4.72. The number of hydrogen-bond donors (Lipinski definition) is 2. The molecule has 21 heavy (non-hydrogen) atoms. The first kappa shape index (κ1) is 21.0. The predicted molar refractivity (Wildman–Crippen MR) is 92.3 cm³/mol. The summed E-state index contributed by atoms with van der Waals surface area (Å²) >= 11 is 0. The number of carbonyl (C=O) groups is 1. The van der Waals surface area contributed by atoms with Crippen molar-refractivity contribution >= 4 is 30.7 Å². The molecule has 0 bridgehead atoms. The molecular formula is C15H31Cl2N3O. The van der Waals surface area contributed by atoms with Crippen molar-refractivity contribution in [2.45, 2.75) is 64.0 Å². The molecule has 0 radical (unpaired) electrons. The van der Waals surface area contributed by atoms with Crippen LogP contribution in [0.4, 0.5) is 0 Å². The van der Waals surface area contributed by atoms with Crippen molar-refractivity contribution in [3.05, 3.63) is 0 Å². The highest BCUT2D eigenvalue weighted by molar-refractivity contribution is 5.85. The van der Waals surface area contributed by atoms with Crippen LogP contribution < -0.4 is 11.1 Å². The highest BCUT2D eigenvalue weighted by Crippen LogP contribution is 2.23. The monoisotopic (exact) mass is 339 g/mol. The fraction of sp³-hybridized carbons (Fsp3) is 0.933. The van der Waals surface area contributed by atoms with E-state index in [-0.39, 0.29) is 42.7 Å². The molecule has 1 aliphatic heterocycles. The molecule has 3 atom stereocenters. The van der Waals surface area contributed by atoms with Crippen LogP contribution in [0.1, 0.15) is 51.9 Å². The summed E-state index contributed by atoms with van der Waals surface area (Å²) < 4.78 is 0. The van der Waals surface area contributed by atoms with E-state index < -0.39 is 0 Å². The number of nitrogens with zero attached hydrogens (tertiary/aromatic N) is 1. The van der Waals surface area contributed by atoms with Crippen LogP contribution in [0.15, 0.2) is 0 Å². The molecule has 1 saturated carbocycles. The molecule has 1 saturated heterocycles. The zero-order chi connectivity index (χ0) is 13.7. The summed E-state index contributed by atoms with van der Waals surface area (Å²) in [6.07, 6.45) is 8.01. The topological polar surface area (TPSA) is 58.4 Å². The van der Waals surface area contributed by atoms with Gasteiger partial charge in [0.25, 0.3) is 0 Å². The Morgan fingerprint density at radius 2 is 1.95 bits per heavy atom. The third-order valence-corrected chi connectivity index (χ3v) is 4.72. The van der Waals surface area contributed by atoms with E-state index in [2.05, 4.69) is 17.1 Å². The largest absolute Gasteiger partial charge is 0.355 e. The highest BCUT2D eigenvalue weighted by atomic mass is 35.5. The van der Waals surface area contributed by atoms with Gasteiger partial charge in [0.05, 0.1) is 0 Å². The highest BCUT2D eigenvalue weighted by Gasteiger charge is 2.25. The van der Waals surface area contributed by atoms with Gasteiger partial charge in [0.15, 0.2) is 0 Å². The van der Waals surface area contributed by atoms with Gasteiger partial charge >= 0.3 is 0 Å². The number of likely N-dealkylation sites (tertiary alicyclic amines) is 1. The first-order valence-electron chi connectivity index (χ1n) is 7.94. The molecule has 0 aromatic rings. The van der Waals surface area contributed by atoms with Crippen LogP contribution in [0.25, 0.3) is 0 Å². The van der Waals surface area contributed by atoms with Crippen molar-refractivity contribution in [2.75, 3.05) is 19.6 Å². The van der Waals surface area contributed by atoms with Crippen LogP contribution in [-0.4, -0.2) is 42.5 Å². The normalized spacial score (nSPS) is 29.9. The standard InChI is InChI=1S/C15H29N3O.2ClH/c1-12-5-2-3-9-18(12)10-8-17-15(19)13-6-4-7-14(16)11-13;;/h12-14H,2-11,16H2,1H3,(H,17,19);2*1H. The number of amides is 1.